The number of rotatable bonds is 2. The number of halogens is 2. The standard InChI is InChI=1S/C12H8ClIOS/c1-7-5-10(16-12(7)13)11(15)8-3-2-4-9(14)6-8/h2-6H,1H3. The lowest BCUT2D eigenvalue weighted by molar-refractivity contribution is 0.104. The molecule has 4 heteroatoms. The molecule has 1 nitrogen and oxygen atoms in total. The highest BCUT2D eigenvalue weighted by Crippen LogP contribution is 2.28. The molecule has 1 aromatic carbocycles. The van der Waals surface area contributed by atoms with Crippen molar-refractivity contribution in [3.05, 3.63) is 54.2 Å². The highest BCUT2D eigenvalue weighted by molar-refractivity contribution is 14.1. The first-order valence-corrected chi connectivity index (χ1v) is 6.91. The van der Waals surface area contributed by atoms with Gasteiger partial charge in [-0.1, -0.05) is 23.7 Å². The molecule has 0 aliphatic heterocycles. The summed E-state index contributed by atoms with van der Waals surface area (Å²) in [6.07, 6.45) is 0. The molecular formula is C12H8ClIOS. The number of hydrogen-bond acceptors (Lipinski definition) is 2. The second-order valence-electron chi connectivity index (χ2n) is 3.41. The van der Waals surface area contributed by atoms with Crippen molar-refractivity contribution in [2.45, 2.75) is 6.92 Å². The van der Waals surface area contributed by atoms with Crippen LogP contribution >= 0.6 is 45.5 Å². The molecule has 0 saturated carbocycles. The van der Waals surface area contributed by atoms with Crippen molar-refractivity contribution in [2.75, 3.05) is 0 Å². The smallest absolute Gasteiger partial charge is 0.203 e. The molecular weight excluding hydrogens is 355 g/mol. The Balaban J connectivity index is 2.39. The second-order valence-corrected chi connectivity index (χ2v) is 6.31. The van der Waals surface area contributed by atoms with E-state index in [2.05, 4.69) is 22.6 Å². The third-order valence-electron chi connectivity index (χ3n) is 2.17. The molecule has 1 heterocycles. The molecule has 0 fully saturated rings. The number of aryl methyl sites for hydroxylation is 1. The summed E-state index contributed by atoms with van der Waals surface area (Å²) in [5.41, 5.74) is 1.67. The van der Waals surface area contributed by atoms with Crippen LogP contribution in [-0.2, 0) is 0 Å². The van der Waals surface area contributed by atoms with Gasteiger partial charge < -0.3 is 0 Å². The lowest BCUT2D eigenvalue weighted by Gasteiger charge is -1.98. The van der Waals surface area contributed by atoms with Crippen LogP contribution in [0.25, 0.3) is 0 Å². The zero-order valence-corrected chi connectivity index (χ0v) is 12.2. The maximum atomic E-state index is 12.1. The minimum absolute atomic E-state index is 0.0403. The van der Waals surface area contributed by atoms with Crippen LogP contribution in [0.1, 0.15) is 20.8 Å². The Morgan fingerprint density at radius 2 is 2.12 bits per heavy atom. The summed E-state index contributed by atoms with van der Waals surface area (Å²) >= 11 is 9.49. The van der Waals surface area contributed by atoms with Crippen LogP contribution < -0.4 is 0 Å². The first-order chi connectivity index (χ1) is 7.58. The highest BCUT2D eigenvalue weighted by atomic mass is 127. The largest absolute Gasteiger partial charge is 0.288 e. The first kappa shape index (κ1) is 12.1. The number of carbonyl (C=O) groups is 1. The molecule has 1 aromatic heterocycles. The molecule has 0 radical (unpaired) electrons. The zero-order chi connectivity index (χ0) is 11.7. The molecule has 0 amide bonds. The van der Waals surface area contributed by atoms with Crippen molar-refractivity contribution in [1.29, 1.82) is 0 Å². The molecule has 0 aliphatic rings. The number of carbonyl (C=O) groups excluding carboxylic acids is 1. The summed E-state index contributed by atoms with van der Waals surface area (Å²) in [5.74, 6) is 0.0403. The minimum Gasteiger partial charge on any atom is -0.288 e. The Labute approximate surface area is 117 Å². The lowest BCUT2D eigenvalue weighted by atomic mass is 10.1. The average molecular weight is 363 g/mol. The summed E-state index contributed by atoms with van der Waals surface area (Å²) in [5, 5.41) is 0. The fourth-order valence-corrected chi connectivity index (χ4v) is 3.05. The van der Waals surface area contributed by atoms with Gasteiger partial charge in [-0.15, -0.1) is 11.3 Å². The van der Waals surface area contributed by atoms with Gasteiger partial charge in [0, 0.05) is 9.13 Å². The molecule has 0 aliphatic carbocycles. The summed E-state index contributed by atoms with van der Waals surface area (Å²) < 4.78 is 1.75. The van der Waals surface area contributed by atoms with E-state index in [9.17, 15) is 4.79 Å². The Kier molecular flexibility index (Phi) is 3.66. The molecule has 0 bridgehead atoms. The van der Waals surface area contributed by atoms with Crippen LogP contribution in [0, 0.1) is 10.5 Å². The molecule has 0 saturated heterocycles. The molecule has 16 heavy (non-hydrogen) atoms. The summed E-state index contributed by atoms with van der Waals surface area (Å²) in [6, 6.07) is 9.40. The Bertz CT molecular complexity index is 528. The van der Waals surface area contributed by atoms with E-state index in [0.717, 1.165) is 9.13 Å². The van der Waals surface area contributed by atoms with Crippen LogP contribution in [0.2, 0.25) is 4.34 Å². The van der Waals surface area contributed by atoms with Crippen molar-refractivity contribution < 1.29 is 4.79 Å². The number of thiophene rings is 1. The maximum Gasteiger partial charge on any atom is 0.203 e. The van der Waals surface area contributed by atoms with Gasteiger partial charge in [0.15, 0.2) is 0 Å². The fourth-order valence-electron chi connectivity index (χ4n) is 1.34. The lowest BCUT2D eigenvalue weighted by Crippen LogP contribution is -1.98. The van der Waals surface area contributed by atoms with Gasteiger partial charge in [-0.3, -0.25) is 4.79 Å². The maximum absolute atomic E-state index is 12.1. The van der Waals surface area contributed by atoms with Crippen molar-refractivity contribution in [3.8, 4) is 0 Å². The van der Waals surface area contributed by atoms with Crippen LogP contribution in [0.5, 0.6) is 0 Å². The van der Waals surface area contributed by atoms with Gasteiger partial charge in [-0.05, 0) is 53.3 Å². The molecule has 2 aromatic rings. The molecule has 0 atom stereocenters. The summed E-state index contributed by atoms with van der Waals surface area (Å²) in [7, 11) is 0. The van der Waals surface area contributed by atoms with Crippen molar-refractivity contribution in [2.24, 2.45) is 0 Å². The van der Waals surface area contributed by atoms with Gasteiger partial charge in [-0.2, -0.15) is 0 Å². The minimum atomic E-state index is 0.0403. The van der Waals surface area contributed by atoms with E-state index in [1.807, 2.05) is 37.3 Å². The molecule has 0 N–H and O–H groups in total. The highest BCUT2D eigenvalue weighted by Gasteiger charge is 2.13. The quantitative estimate of drug-likeness (QED) is 0.566. The van der Waals surface area contributed by atoms with Gasteiger partial charge in [0.2, 0.25) is 5.78 Å². The van der Waals surface area contributed by atoms with E-state index in [-0.39, 0.29) is 5.78 Å². The van der Waals surface area contributed by atoms with E-state index < -0.39 is 0 Å². The van der Waals surface area contributed by atoms with E-state index >= 15 is 0 Å². The molecule has 2 rings (SSSR count). The van der Waals surface area contributed by atoms with Gasteiger partial charge in [0.1, 0.15) is 0 Å². The topological polar surface area (TPSA) is 17.1 Å². The average Bonchev–Trinajstić information content (AvgIpc) is 2.58. The first-order valence-electron chi connectivity index (χ1n) is 4.64. The van der Waals surface area contributed by atoms with Crippen molar-refractivity contribution in [3.63, 3.8) is 0 Å². The zero-order valence-electron chi connectivity index (χ0n) is 8.46. The molecule has 0 unspecified atom stereocenters. The van der Waals surface area contributed by atoms with E-state index in [0.29, 0.717) is 14.8 Å². The predicted molar refractivity (Wildman–Crippen MR) is 76.7 cm³/mol. The normalized spacial score (nSPS) is 10.4. The van der Waals surface area contributed by atoms with Crippen molar-refractivity contribution >= 4 is 51.3 Å². The Morgan fingerprint density at radius 1 is 1.38 bits per heavy atom. The molecule has 82 valence electrons. The van der Waals surface area contributed by atoms with Crippen LogP contribution in [0.15, 0.2) is 30.3 Å². The van der Waals surface area contributed by atoms with E-state index in [4.69, 9.17) is 11.6 Å². The van der Waals surface area contributed by atoms with Gasteiger partial charge >= 0.3 is 0 Å². The van der Waals surface area contributed by atoms with Crippen LogP contribution in [0.3, 0.4) is 0 Å². The third-order valence-corrected chi connectivity index (χ3v) is 4.39. The number of ketones is 1. The summed E-state index contributed by atoms with van der Waals surface area (Å²) in [4.78, 5) is 12.8. The predicted octanol–water partition coefficient (Wildman–Crippen LogP) is 4.55. The van der Waals surface area contributed by atoms with E-state index in [1.54, 1.807) is 0 Å². The second kappa shape index (κ2) is 4.85. The monoisotopic (exact) mass is 362 g/mol. The SMILES string of the molecule is Cc1cc(C(=O)c2cccc(I)c2)sc1Cl. The fraction of sp³-hybridized carbons (Fsp3) is 0.0833. The van der Waals surface area contributed by atoms with E-state index in [1.165, 1.54) is 11.3 Å². The number of hydrogen-bond donors (Lipinski definition) is 0. The van der Waals surface area contributed by atoms with Gasteiger partial charge in [0.25, 0.3) is 0 Å². The number of benzene rings is 1. The Hall–Kier alpha value is -0.390. The molecule has 0 spiro atoms. The third kappa shape index (κ3) is 2.47. The Morgan fingerprint density at radius 3 is 2.69 bits per heavy atom. The van der Waals surface area contributed by atoms with Gasteiger partial charge in [-0.25, -0.2) is 0 Å². The summed E-state index contributed by atoms with van der Waals surface area (Å²) in [6.45, 7) is 1.91. The van der Waals surface area contributed by atoms with Crippen LogP contribution in [0.4, 0.5) is 0 Å². The van der Waals surface area contributed by atoms with Crippen LogP contribution in [-0.4, -0.2) is 5.78 Å². The van der Waals surface area contributed by atoms with Gasteiger partial charge in [0.05, 0.1) is 9.21 Å². The van der Waals surface area contributed by atoms with Crippen molar-refractivity contribution in [1.82, 2.24) is 0 Å².